The van der Waals surface area contributed by atoms with Crippen LogP contribution in [0.5, 0.6) is 0 Å². The number of carboxylic acids is 1. The minimum absolute atomic E-state index is 0.0299. The Balaban J connectivity index is 1.54. The lowest BCUT2D eigenvalue weighted by molar-refractivity contribution is -0.142. The van der Waals surface area contributed by atoms with Gasteiger partial charge in [-0.15, -0.1) is 0 Å². The molecule has 4 rings (SSSR count). The van der Waals surface area contributed by atoms with E-state index in [0.29, 0.717) is 12.2 Å². The van der Waals surface area contributed by atoms with E-state index < -0.39 is 47.9 Å². The van der Waals surface area contributed by atoms with Crippen LogP contribution in [-0.4, -0.2) is 80.7 Å². The lowest BCUT2D eigenvalue weighted by atomic mass is 10.0. The van der Waals surface area contributed by atoms with E-state index in [0.717, 1.165) is 32.9 Å². The monoisotopic (exact) mass is 624 g/mol. The minimum Gasteiger partial charge on any atom is -0.480 e. The quantitative estimate of drug-likeness (QED) is 0.0931. The second kappa shape index (κ2) is 15.0. The summed E-state index contributed by atoms with van der Waals surface area (Å²) in [6, 6.07) is 10.7. The van der Waals surface area contributed by atoms with Crippen LogP contribution in [0.4, 0.5) is 0 Å². The van der Waals surface area contributed by atoms with E-state index in [9.17, 15) is 24.3 Å². The molecule has 4 aromatic rings. The van der Waals surface area contributed by atoms with Crippen LogP contribution in [-0.2, 0) is 32.0 Å². The van der Waals surface area contributed by atoms with Crippen molar-refractivity contribution in [3.05, 3.63) is 72.1 Å². The number of thiol groups is 1. The van der Waals surface area contributed by atoms with Gasteiger partial charge in [0.1, 0.15) is 18.1 Å². The van der Waals surface area contributed by atoms with Crippen molar-refractivity contribution < 1.29 is 24.3 Å². The number of benzene rings is 2. The molecule has 0 bridgehead atoms. The molecule has 3 amide bonds. The zero-order valence-electron chi connectivity index (χ0n) is 23.6. The lowest BCUT2D eigenvalue weighted by Gasteiger charge is -2.24. The summed E-state index contributed by atoms with van der Waals surface area (Å²) in [4.78, 5) is 58.2. The number of aliphatic carboxylic acids is 1. The molecule has 0 fully saturated rings. The normalized spacial score (nSPS) is 14.1. The van der Waals surface area contributed by atoms with Crippen molar-refractivity contribution >= 4 is 69.9 Å². The van der Waals surface area contributed by atoms with Crippen LogP contribution in [0.3, 0.4) is 0 Å². The van der Waals surface area contributed by atoms with Gasteiger partial charge in [-0.25, -0.2) is 4.79 Å². The van der Waals surface area contributed by atoms with Gasteiger partial charge in [0.2, 0.25) is 17.7 Å². The fraction of sp³-hybridized carbons (Fsp3) is 0.333. The number of rotatable bonds is 15. The number of carboxylic acid groups (broad SMARTS) is 1. The molecule has 13 heteroatoms. The Morgan fingerprint density at radius 2 is 1.30 bits per heavy atom. The number of H-pyrrole nitrogens is 2. The van der Waals surface area contributed by atoms with Crippen molar-refractivity contribution in [3.8, 4) is 0 Å². The molecule has 0 aliphatic carbocycles. The third-order valence-electron chi connectivity index (χ3n) is 7.23. The van der Waals surface area contributed by atoms with Crippen LogP contribution in [0.15, 0.2) is 60.9 Å². The molecular formula is C30H36N6O5S2. The zero-order valence-corrected chi connectivity index (χ0v) is 25.3. The van der Waals surface area contributed by atoms with Crippen molar-refractivity contribution in [3.63, 3.8) is 0 Å². The van der Waals surface area contributed by atoms with E-state index >= 15 is 0 Å². The predicted molar refractivity (Wildman–Crippen MR) is 172 cm³/mol. The number of aromatic nitrogens is 2. The molecule has 0 aliphatic rings. The summed E-state index contributed by atoms with van der Waals surface area (Å²) in [5, 5.41) is 19.7. The van der Waals surface area contributed by atoms with Crippen molar-refractivity contribution in [2.75, 3.05) is 17.8 Å². The molecule has 228 valence electrons. The molecule has 2 aromatic heterocycles. The fourth-order valence-electron chi connectivity index (χ4n) is 4.84. The van der Waals surface area contributed by atoms with Crippen molar-refractivity contribution in [2.45, 2.75) is 43.4 Å². The van der Waals surface area contributed by atoms with E-state index in [4.69, 9.17) is 5.73 Å². The highest BCUT2D eigenvalue weighted by molar-refractivity contribution is 7.98. The fourth-order valence-corrected chi connectivity index (χ4v) is 5.59. The molecule has 4 atom stereocenters. The van der Waals surface area contributed by atoms with Crippen LogP contribution >= 0.6 is 24.4 Å². The smallest absolute Gasteiger partial charge is 0.326 e. The number of fused-ring (bicyclic) bond motifs is 2. The summed E-state index contributed by atoms with van der Waals surface area (Å²) in [6.45, 7) is 0. The number of amides is 3. The van der Waals surface area contributed by atoms with Crippen molar-refractivity contribution in [2.24, 2.45) is 5.73 Å². The summed E-state index contributed by atoms with van der Waals surface area (Å²) in [7, 11) is 0. The Labute approximate surface area is 258 Å². The maximum atomic E-state index is 13.7. The maximum absolute atomic E-state index is 13.7. The van der Waals surface area contributed by atoms with Gasteiger partial charge in [0.05, 0.1) is 6.04 Å². The largest absolute Gasteiger partial charge is 0.480 e. The SMILES string of the molecule is CSCCC(N)C(=O)NC(CS)C(=O)NC(Cc1c[nH]c2ccccc12)C(=O)NC(Cc1c[nH]c2ccccc12)C(=O)O. The third kappa shape index (κ3) is 8.12. The van der Waals surface area contributed by atoms with Gasteiger partial charge in [-0.3, -0.25) is 14.4 Å². The second-order valence-electron chi connectivity index (χ2n) is 10.2. The van der Waals surface area contributed by atoms with Crippen molar-refractivity contribution in [1.29, 1.82) is 0 Å². The van der Waals surface area contributed by atoms with E-state index in [1.165, 1.54) is 0 Å². The standard InChI is InChI=1S/C30H36N6O5S2/c1-43-11-10-21(31)27(37)36-26(16-42)29(39)34-24(12-17-14-32-22-8-4-2-6-19(17)22)28(38)35-25(30(40)41)13-18-15-33-23-9-5-3-7-20(18)23/h2-9,14-15,21,24-26,32-33,42H,10-13,16,31H2,1H3,(H,34,39)(H,35,38)(H,36,37)(H,40,41). The first-order chi connectivity index (χ1) is 20.7. The van der Waals surface area contributed by atoms with Crippen molar-refractivity contribution in [1.82, 2.24) is 25.9 Å². The Morgan fingerprint density at radius 1 is 0.814 bits per heavy atom. The number of carbonyl (C=O) groups excluding carboxylic acids is 3. The molecule has 2 aromatic carbocycles. The Hall–Kier alpha value is -3.94. The number of thioether (sulfide) groups is 1. The number of para-hydroxylation sites is 2. The van der Waals surface area contributed by atoms with E-state index in [2.05, 4.69) is 38.5 Å². The molecule has 0 aliphatic heterocycles. The first-order valence-electron chi connectivity index (χ1n) is 13.8. The highest BCUT2D eigenvalue weighted by atomic mass is 32.2. The number of hydrogen-bond acceptors (Lipinski definition) is 7. The van der Waals surface area contributed by atoms with Gasteiger partial charge in [-0.05, 0) is 41.7 Å². The summed E-state index contributed by atoms with van der Waals surface area (Å²) in [5.41, 5.74) is 9.16. The van der Waals surface area contributed by atoms with Gasteiger partial charge in [0.15, 0.2) is 0 Å². The van der Waals surface area contributed by atoms with E-state index in [-0.39, 0.29) is 18.6 Å². The van der Waals surface area contributed by atoms with Crippen LogP contribution in [0.1, 0.15) is 17.5 Å². The number of hydrogen-bond donors (Lipinski definition) is 8. The Morgan fingerprint density at radius 3 is 1.84 bits per heavy atom. The van der Waals surface area contributed by atoms with Gasteiger partial charge in [0, 0.05) is 52.8 Å². The first kappa shape index (κ1) is 32.0. The lowest BCUT2D eigenvalue weighted by Crippen LogP contribution is -2.58. The average Bonchev–Trinajstić information content (AvgIpc) is 3.61. The number of carbonyl (C=O) groups is 4. The molecule has 0 spiro atoms. The molecule has 8 N–H and O–H groups in total. The Kier molecular flexibility index (Phi) is 11.1. The summed E-state index contributed by atoms with van der Waals surface area (Å²) in [6.07, 6.45) is 5.92. The summed E-state index contributed by atoms with van der Waals surface area (Å²) < 4.78 is 0. The number of nitrogens with one attached hydrogen (secondary N) is 5. The van der Waals surface area contributed by atoms with Crippen LogP contribution < -0.4 is 21.7 Å². The summed E-state index contributed by atoms with van der Waals surface area (Å²) in [5.74, 6) is -2.37. The van der Waals surface area contributed by atoms with Crippen LogP contribution in [0.2, 0.25) is 0 Å². The van der Waals surface area contributed by atoms with E-state index in [1.807, 2.05) is 54.8 Å². The highest BCUT2D eigenvalue weighted by Crippen LogP contribution is 2.21. The molecule has 0 saturated heterocycles. The van der Waals surface area contributed by atoms with Crippen LogP contribution in [0, 0.1) is 0 Å². The van der Waals surface area contributed by atoms with Gasteiger partial charge >= 0.3 is 5.97 Å². The Bertz CT molecular complexity index is 1590. The van der Waals surface area contributed by atoms with Gasteiger partial charge < -0.3 is 36.8 Å². The van der Waals surface area contributed by atoms with Gasteiger partial charge in [-0.2, -0.15) is 24.4 Å². The minimum atomic E-state index is -1.26. The van der Waals surface area contributed by atoms with E-state index in [1.54, 1.807) is 24.2 Å². The molecule has 11 nitrogen and oxygen atoms in total. The topological polar surface area (TPSA) is 182 Å². The van der Waals surface area contributed by atoms with Gasteiger partial charge in [0.25, 0.3) is 0 Å². The molecule has 0 radical (unpaired) electrons. The van der Waals surface area contributed by atoms with Gasteiger partial charge in [-0.1, -0.05) is 36.4 Å². The maximum Gasteiger partial charge on any atom is 0.326 e. The predicted octanol–water partition coefficient (Wildman–Crippen LogP) is 1.98. The molecule has 0 saturated carbocycles. The molecule has 43 heavy (non-hydrogen) atoms. The highest BCUT2D eigenvalue weighted by Gasteiger charge is 2.31. The first-order valence-corrected chi connectivity index (χ1v) is 15.8. The number of aromatic amines is 2. The molecular weight excluding hydrogens is 589 g/mol. The second-order valence-corrected chi connectivity index (χ2v) is 11.6. The molecule has 2 heterocycles. The summed E-state index contributed by atoms with van der Waals surface area (Å²) >= 11 is 5.79. The van der Waals surface area contributed by atoms with Crippen LogP contribution in [0.25, 0.3) is 21.8 Å². The number of nitrogens with two attached hydrogens (primary N) is 1. The molecule has 4 unspecified atom stereocenters. The third-order valence-corrected chi connectivity index (χ3v) is 8.24. The average molecular weight is 625 g/mol. The zero-order chi connectivity index (χ0) is 30.9.